The summed E-state index contributed by atoms with van der Waals surface area (Å²) in [6, 6.07) is 15.4. The predicted octanol–water partition coefficient (Wildman–Crippen LogP) is 2.96. The van der Waals surface area contributed by atoms with Gasteiger partial charge in [0, 0.05) is 18.8 Å². The Morgan fingerprint density at radius 3 is 1.97 bits per heavy atom. The fourth-order valence-electron chi connectivity index (χ4n) is 4.13. The number of amides is 4. The number of carbonyl (C=O) groups is 4. The maximum Gasteiger partial charge on any atom is 0.262 e. The van der Waals surface area contributed by atoms with Crippen molar-refractivity contribution in [2.75, 3.05) is 31.1 Å². The molecule has 0 radical (unpaired) electrons. The first kappa shape index (κ1) is 21.7. The van der Waals surface area contributed by atoms with E-state index in [1.54, 1.807) is 53.4 Å². The molecule has 2 aliphatic heterocycles. The molecule has 0 N–H and O–H groups in total. The van der Waals surface area contributed by atoms with Crippen molar-refractivity contribution >= 4 is 29.3 Å². The highest BCUT2D eigenvalue weighted by atomic mass is 16.2. The highest BCUT2D eigenvalue weighted by Gasteiger charge is 2.38. The van der Waals surface area contributed by atoms with Crippen molar-refractivity contribution in [3.8, 4) is 0 Å². The maximum absolute atomic E-state index is 13.3. The van der Waals surface area contributed by atoms with Crippen LogP contribution in [0.4, 0.5) is 5.69 Å². The molecular weight excluding hydrogens is 406 g/mol. The first-order valence-electron chi connectivity index (χ1n) is 10.9. The highest BCUT2D eigenvalue weighted by Crippen LogP contribution is 2.30. The zero-order valence-corrected chi connectivity index (χ0v) is 18.4. The van der Waals surface area contributed by atoms with Crippen molar-refractivity contribution in [1.29, 1.82) is 0 Å². The van der Waals surface area contributed by atoms with Gasteiger partial charge in [-0.25, -0.2) is 0 Å². The second kappa shape index (κ2) is 8.57. The third-order valence-electron chi connectivity index (χ3n) is 6.30. The third-order valence-corrected chi connectivity index (χ3v) is 6.30. The Hall–Kier alpha value is -3.48. The van der Waals surface area contributed by atoms with Crippen LogP contribution in [0.1, 0.15) is 47.4 Å². The molecule has 0 aromatic heterocycles. The van der Waals surface area contributed by atoms with Crippen LogP contribution in [0, 0.1) is 5.41 Å². The summed E-state index contributed by atoms with van der Waals surface area (Å²) >= 11 is 0. The Morgan fingerprint density at radius 1 is 0.875 bits per heavy atom. The largest absolute Gasteiger partial charge is 0.341 e. The Kier molecular flexibility index (Phi) is 5.82. The van der Waals surface area contributed by atoms with Gasteiger partial charge >= 0.3 is 0 Å². The number of likely N-dealkylation sites (tertiary alicyclic amines) is 1. The molecule has 4 rings (SSSR count). The molecule has 4 amide bonds. The number of piperidine rings is 1. The van der Waals surface area contributed by atoms with E-state index in [0.717, 1.165) is 17.7 Å². The van der Waals surface area contributed by atoms with E-state index in [-0.39, 0.29) is 17.9 Å². The van der Waals surface area contributed by atoms with Crippen LogP contribution in [0.2, 0.25) is 0 Å². The van der Waals surface area contributed by atoms with Crippen molar-refractivity contribution in [2.45, 2.75) is 26.7 Å². The molecule has 7 nitrogen and oxygen atoms in total. The standard InChI is InChI=1S/C25H27N3O4/c1-25(2)12-14-26(15-13-25)21(29)16-27(18-8-4-3-5-9-18)22(30)17-28-23(31)19-10-6-7-11-20(19)24(28)32/h3-11H,12-17H2,1-2H3. The zero-order chi connectivity index (χ0) is 22.9. The number of para-hydroxylation sites is 1. The van der Waals surface area contributed by atoms with Crippen molar-refractivity contribution in [3.63, 3.8) is 0 Å². The lowest BCUT2D eigenvalue weighted by Crippen LogP contribution is -2.49. The van der Waals surface area contributed by atoms with Crippen LogP contribution in [0.15, 0.2) is 54.6 Å². The lowest BCUT2D eigenvalue weighted by Gasteiger charge is -2.37. The Balaban J connectivity index is 1.51. The van der Waals surface area contributed by atoms with Gasteiger partial charge < -0.3 is 9.80 Å². The van der Waals surface area contributed by atoms with E-state index in [4.69, 9.17) is 0 Å². The molecule has 2 aromatic carbocycles. The quantitative estimate of drug-likeness (QED) is 0.680. The molecule has 0 spiro atoms. The zero-order valence-electron chi connectivity index (χ0n) is 18.4. The monoisotopic (exact) mass is 433 g/mol. The second-order valence-electron chi connectivity index (χ2n) is 9.10. The summed E-state index contributed by atoms with van der Waals surface area (Å²) in [5.74, 6) is -1.59. The number of carbonyl (C=O) groups excluding carboxylic acids is 4. The summed E-state index contributed by atoms with van der Waals surface area (Å²) in [6.07, 6.45) is 1.82. The van der Waals surface area contributed by atoms with Gasteiger partial charge in [-0.15, -0.1) is 0 Å². The van der Waals surface area contributed by atoms with Gasteiger partial charge in [0.15, 0.2) is 0 Å². The lowest BCUT2D eigenvalue weighted by molar-refractivity contribution is -0.133. The van der Waals surface area contributed by atoms with E-state index in [1.165, 1.54) is 4.90 Å². The summed E-state index contributed by atoms with van der Waals surface area (Å²) < 4.78 is 0. The topological polar surface area (TPSA) is 78.0 Å². The van der Waals surface area contributed by atoms with E-state index in [2.05, 4.69) is 13.8 Å². The van der Waals surface area contributed by atoms with E-state index >= 15 is 0 Å². The molecule has 2 heterocycles. The predicted molar refractivity (Wildman–Crippen MR) is 120 cm³/mol. The molecule has 166 valence electrons. The van der Waals surface area contributed by atoms with Crippen LogP contribution in [0.25, 0.3) is 0 Å². The number of fused-ring (bicyclic) bond motifs is 1. The summed E-state index contributed by atoms with van der Waals surface area (Å²) in [5.41, 5.74) is 1.35. The molecule has 7 heteroatoms. The number of anilines is 1. The van der Waals surface area contributed by atoms with E-state index in [9.17, 15) is 19.2 Å². The number of rotatable bonds is 5. The Morgan fingerprint density at radius 2 is 1.41 bits per heavy atom. The van der Waals surface area contributed by atoms with Gasteiger partial charge in [0.2, 0.25) is 11.8 Å². The van der Waals surface area contributed by atoms with Crippen molar-refractivity contribution in [3.05, 3.63) is 65.7 Å². The van der Waals surface area contributed by atoms with Gasteiger partial charge in [-0.1, -0.05) is 44.2 Å². The molecular formula is C25H27N3O4. The van der Waals surface area contributed by atoms with Gasteiger partial charge in [0.25, 0.3) is 11.8 Å². The van der Waals surface area contributed by atoms with Crippen LogP contribution in [0.5, 0.6) is 0 Å². The SMILES string of the molecule is CC1(C)CCN(C(=O)CN(C(=O)CN2C(=O)c3ccccc3C2=O)c2ccccc2)CC1. The van der Waals surface area contributed by atoms with Crippen LogP contribution in [-0.4, -0.2) is 59.6 Å². The number of nitrogens with zero attached hydrogens (tertiary/aromatic N) is 3. The minimum atomic E-state index is -0.489. The molecule has 32 heavy (non-hydrogen) atoms. The van der Waals surface area contributed by atoms with Crippen LogP contribution < -0.4 is 4.90 Å². The molecule has 2 aliphatic rings. The average Bonchev–Trinajstić information content (AvgIpc) is 3.03. The Bertz CT molecular complexity index is 1020. The summed E-state index contributed by atoms with van der Waals surface area (Å²) in [5, 5.41) is 0. The van der Waals surface area contributed by atoms with Crippen molar-refractivity contribution in [1.82, 2.24) is 9.80 Å². The highest BCUT2D eigenvalue weighted by molar-refractivity contribution is 6.22. The normalized spacial score (nSPS) is 17.3. The number of hydrogen-bond donors (Lipinski definition) is 0. The van der Waals surface area contributed by atoms with E-state index < -0.39 is 24.3 Å². The van der Waals surface area contributed by atoms with Crippen molar-refractivity contribution < 1.29 is 19.2 Å². The Labute approximate surface area is 187 Å². The minimum Gasteiger partial charge on any atom is -0.341 e. The first-order chi connectivity index (χ1) is 15.3. The van der Waals surface area contributed by atoms with E-state index in [1.807, 2.05) is 6.07 Å². The van der Waals surface area contributed by atoms with Gasteiger partial charge in [-0.2, -0.15) is 0 Å². The first-order valence-corrected chi connectivity index (χ1v) is 10.9. The van der Waals surface area contributed by atoms with E-state index in [0.29, 0.717) is 29.9 Å². The summed E-state index contributed by atoms with van der Waals surface area (Å²) in [4.78, 5) is 55.8. The molecule has 1 saturated heterocycles. The fraction of sp³-hybridized carbons (Fsp3) is 0.360. The van der Waals surface area contributed by atoms with Gasteiger partial charge in [-0.05, 0) is 42.5 Å². The average molecular weight is 434 g/mol. The maximum atomic E-state index is 13.3. The lowest BCUT2D eigenvalue weighted by atomic mass is 9.83. The fourth-order valence-corrected chi connectivity index (χ4v) is 4.13. The second-order valence-corrected chi connectivity index (χ2v) is 9.10. The van der Waals surface area contributed by atoms with Crippen LogP contribution in [-0.2, 0) is 9.59 Å². The summed E-state index contributed by atoms with van der Waals surface area (Å²) in [7, 11) is 0. The molecule has 1 fully saturated rings. The smallest absolute Gasteiger partial charge is 0.262 e. The van der Waals surface area contributed by atoms with Gasteiger partial charge in [0.05, 0.1) is 11.1 Å². The number of benzene rings is 2. The number of hydrogen-bond acceptors (Lipinski definition) is 4. The third kappa shape index (κ3) is 4.28. The molecule has 0 atom stereocenters. The van der Waals surface area contributed by atoms with Crippen LogP contribution >= 0.6 is 0 Å². The molecule has 2 aromatic rings. The summed E-state index contributed by atoms with van der Waals surface area (Å²) in [6.45, 7) is 5.14. The van der Waals surface area contributed by atoms with Crippen molar-refractivity contribution in [2.24, 2.45) is 5.41 Å². The molecule has 0 aliphatic carbocycles. The minimum absolute atomic E-state index is 0.132. The van der Waals surface area contributed by atoms with Gasteiger partial charge in [0.1, 0.15) is 13.1 Å². The number of imide groups is 1. The van der Waals surface area contributed by atoms with Gasteiger partial charge in [-0.3, -0.25) is 24.1 Å². The molecule has 0 saturated carbocycles. The molecule has 0 unspecified atom stereocenters. The molecule has 0 bridgehead atoms. The van der Waals surface area contributed by atoms with Crippen LogP contribution in [0.3, 0.4) is 0 Å².